The van der Waals surface area contributed by atoms with Crippen molar-refractivity contribution in [3.05, 3.63) is 33.9 Å². The topological polar surface area (TPSA) is 74.3 Å². The molecule has 0 saturated carbocycles. The average molecular weight is 508 g/mol. The first-order valence-electron chi connectivity index (χ1n) is 9.28. The van der Waals surface area contributed by atoms with Crippen LogP contribution in [0.15, 0.2) is 40.4 Å². The van der Waals surface area contributed by atoms with Crippen molar-refractivity contribution >= 4 is 51.1 Å². The molecule has 3 N–H and O–H groups in total. The average Bonchev–Trinajstić information content (AvgIpc) is 3.24. The number of nitrogens with two attached hydrogens (primary N) is 1. The lowest BCUT2D eigenvalue weighted by Crippen LogP contribution is -2.24. The molecule has 4 rings (SSSR count). The van der Waals surface area contributed by atoms with Crippen molar-refractivity contribution in [1.82, 2.24) is 14.9 Å². The van der Waals surface area contributed by atoms with Crippen LogP contribution in [0, 0.1) is 3.57 Å². The maximum atomic E-state index is 6.19. The van der Waals surface area contributed by atoms with E-state index in [0.29, 0.717) is 11.7 Å². The van der Waals surface area contributed by atoms with Gasteiger partial charge in [0.25, 0.3) is 0 Å². The van der Waals surface area contributed by atoms with E-state index < -0.39 is 0 Å². The lowest BCUT2D eigenvalue weighted by Gasteiger charge is -2.12. The summed E-state index contributed by atoms with van der Waals surface area (Å²) in [5.41, 5.74) is 8.83. The van der Waals surface area contributed by atoms with Crippen molar-refractivity contribution in [2.75, 3.05) is 19.1 Å². The van der Waals surface area contributed by atoms with Gasteiger partial charge in [-0.2, -0.15) is 0 Å². The quantitative estimate of drug-likeness (QED) is 0.278. The van der Waals surface area contributed by atoms with Gasteiger partial charge >= 0.3 is 0 Å². The second kappa shape index (κ2) is 8.38. The van der Waals surface area contributed by atoms with Gasteiger partial charge in [-0.05, 0) is 59.8 Å². The molecule has 0 amide bonds. The first-order chi connectivity index (χ1) is 13.5. The largest absolute Gasteiger partial charge is 0.454 e. The zero-order chi connectivity index (χ0) is 19.7. The highest BCUT2D eigenvalue weighted by molar-refractivity contribution is 14.1. The molecular formula is C20H23IN4O2S. The van der Waals surface area contributed by atoms with E-state index in [2.05, 4.69) is 52.4 Å². The van der Waals surface area contributed by atoms with Crippen LogP contribution in [-0.2, 0) is 6.54 Å². The maximum Gasteiger partial charge on any atom is 0.231 e. The minimum atomic E-state index is 0.275. The second-order valence-corrected chi connectivity index (χ2v) is 9.13. The van der Waals surface area contributed by atoms with Gasteiger partial charge in [0.2, 0.25) is 6.79 Å². The van der Waals surface area contributed by atoms with Crippen molar-refractivity contribution in [3.8, 4) is 11.5 Å². The van der Waals surface area contributed by atoms with Crippen LogP contribution in [0.25, 0.3) is 11.0 Å². The lowest BCUT2D eigenvalue weighted by molar-refractivity contribution is 0.174. The van der Waals surface area contributed by atoms with Crippen molar-refractivity contribution in [1.29, 1.82) is 0 Å². The number of ether oxygens (including phenoxy) is 2. The van der Waals surface area contributed by atoms with Crippen LogP contribution >= 0.6 is 34.4 Å². The number of hydrogen-bond acceptors (Lipinski definition) is 6. The number of rotatable bonds is 7. The predicted molar refractivity (Wildman–Crippen MR) is 121 cm³/mol. The minimum absolute atomic E-state index is 0.275. The van der Waals surface area contributed by atoms with Gasteiger partial charge in [-0.1, -0.05) is 31.7 Å². The fourth-order valence-electron chi connectivity index (χ4n) is 3.14. The van der Waals surface area contributed by atoms with Crippen LogP contribution in [0.2, 0.25) is 0 Å². The molecule has 2 aromatic carbocycles. The number of aryl methyl sites for hydroxylation is 1. The van der Waals surface area contributed by atoms with Crippen molar-refractivity contribution in [2.45, 2.75) is 42.9 Å². The molecule has 3 aromatic rings. The molecular weight excluding hydrogens is 485 g/mol. The molecule has 0 radical (unpaired) electrons. The molecule has 0 aliphatic carbocycles. The monoisotopic (exact) mass is 508 g/mol. The molecule has 28 heavy (non-hydrogen) atoms. The number of nitrogens with one attached hydrogen (secondary N) is 1. The Kier molecular flexibility index (Phi) is 5.88. The summed E-state index contributed by atoms with van der Waals surface area (Å²) in [6.07, 6.45) is 1.02. The summed E-state index contributed by atoms with van der Waals surface area (Å²) in [5.74, 6) is 1.58. The third-order valence-corrected chi connectivity index (χ3v) is 6.82. The minimum Gasteiger partial charge on any atom is -0.454 e. The fraction of sp³-hybridized carbons (Fsp3) is 0.350. The molecule has 8 heteroatoms. The fourth-order valence-corrected chi connectivity index (χ4v) is 4.87. The Balaban J connectivity index is 1.66. The van der Waals surface area contributed by atoms with Crippen LogP contribution in [0.1, 0.15) is 20.3 Å². The van der Waals surface area contributed by atoms with Gasteiger partial charge in [0.1, 0.15) is 5.52 Å². The summed E-state index contributed by atoms with van der Waals surface area (Å²) < 4.78 is 14.4. The maximum absolute atomic E-state index is 6.19. The van der Waals surface area contributed by atoms with Gasteiger partial charge in [0.05, 0.1) is 11.2 Å². The number of fused-ring (bicyclic) bond motifs is 2. The van der Waals surface area contributed by atoms with Gasteiger partial charge in [0, 0.05) is 21.1 Å². The van der Waals surface area contributed by atoms with Crippen molar-refractivity contribution < 1.29 is 9.47 Å². The van der Waals surface area contributed by atoms with E-state index in [4.69, 9.17) is 20.2 Å². The van der Waals surface area contributed by atoms with Crippen LogP contribution in [-0.4, -0.2) is 28.9 Å². The molecule has 0 unspecified atom stereocenters. The second-order valence-electron chi connectivity index (χ2n) is 6.96. The van der Waals surface area contributed by atoms with E-state index in [0.717, 1.165) is 55.7 Å². The molecule has 6 nitrogen and oxygen atoms in total. The van der Waals surface area contributed by atoms with Gasteiger partial charge in [0.15, 0.2) is 16.7 Å². The Bertz CT molecular complexity index is 1010. The number of para-hydroxylation sites is 1. The normalized spacial score (nSPS) is 13.0. The number of anilines is 1. The Morgan fingerprint density at radius 2 is 2.07 bits per heavy atom. The third kappa shape index (κ3) is 4.04. The highest BCUT2D eigenvalue weighted by Crippen LogP contribution is 2.41. The third-order valence-electron chi connectivity index (χ3n) is 4.51. The van der Waals surface area contributed by atoms with Gasteiger partial charge < -0.3 is 25.1 Å². The summed E-state index contributed by atoms with van der Waals surface area (Å²) in [4.78, 5) is 5.96. The number of halogens is 1. The first kappa shape index (κ1) is 19.7. The van der Waals surface area contributed by atoms with Gasteiger partial charge in [-0.15, -0.1) is 0 Å². The van der Waals surface area contributed by atoms with Crippen molar-refractivity contribution in [2.24, 2.45) is 0 Å². The number of aromatic nitrogens is 2. The molecule has 1 aliphatic heterocycles. The highest BCUT2D eigenvalue weighted by atomic mass is 127. The molecule has 1 aromatic heterocycles. The summed E-state index contributed by atoms with van der Waals surface area (Å²) in [6.45, 7) is 6.44. The molecule has 0 saturated heterocycles. The molecule has 2 heterocycles. The summed E-state index contributed by atoms with van der Waals surface area (Å²) in [5, 5.41) is 4.42. The number of hydrogen-bond donors (Lipinski definition) is 2. The molecule has 0 fully saturated rings. The van der Waals surface area contributed by atoms with Crippen LogP contribution in [0.4, 0.5) is 5.69 Å². The van der Waals surface area contributed by atoms with Gasteiger partial charge in [-0.3, -0.25) is 0 Å². The Morgan fingerprint density at radius 3 is 2.86 bits per heavy atom. The Hall–Kier alpha value is -1.65. The number of nitrogens with zero attached hydrogens (tertiary/aromatic N) is 2. The van der Waals surface area contributed by atoms with Crippen LogP contribution in [0.5, 0.6) is 11.5 Å². The van der Waals surface area contributed by atoms with E-state index in [1.54, 1.807) is 11.8 Å². The number of imidazole rings is 1. The highest BCUT2D eigenvalue weighted by Gasteiger charge is 2.20. The molecule has 1 aliphatic rings. The SMILES string of the molecule is CC(C)NCCCn1c(Sc2cc3c(cc2I)[15O]C[15O]3)nc2c(N)cccc21. The van der Waals surface area contributed by atoms with E-state index in [1.807, 2.05) is 24.3 Å². The summed E-state index contributed by atoms with van der Waals surface area (Å²) >= 11 is 3.97. The number of benzene rings is 2. The Labute approximate surface area is 182 Å². The lowest BCUT2D eigenvalue weighted by atomic mass is 10.2. The van der Waals surface area contributed by atoms with E-state index in [-0.39, 0.29) is 6.79 Å². The van der Waals surface area contributed by atoms with Crippen LogP contribution < -0.4 is 20.5 Å². The van der Waals surface area contributed by atoms with Gasteiger partial charge in [-0.25, -0.2) is 4.98 Å². The van der Waals surface area contributed by atoms with E-state index >= 15 is 0 Å². The molecule has 0 spiro atoms. The number of nitrogen functional groups attached to an aromatic ring is 1. The van der Waals surface area contributed by atoms with E-state index in [9.17, 15) is 0 Å². The summed E-state index contributed by atoms with van der Waals surface area (Å²) in [6, 6.07) is 10.5. The molecule has 0 bridgehead atoms. The first-order valence-corrected chi connectivity index (χ1v) is 11.2. The zero-order valence-corrected chi connectivity index (χ0v) is 18.8. The Morgan fingerprint density at radius 1 is 1.29 bits per heavy atom. The standard InChI is InChI=1S/C20H23IN4O2S/c1-12(2)23-7-4-8-25-15-6-3-5-14(22)19(15)24-20(25)28-18-10-17-16(9-13(18)21)26-11-27-17/h3,5-6,9-10,12,23H,4,7-8,11,22H2,1-2H3/i26-1,27-1. The molecule has 0 atom stereocenters. The predicted octanol–water partition coefficient (Wildman–Crippen LogP) is 4.49. The van der Waals surface area contributed by atoms with Crippen LogP contribution in [0.3, 0.4) is 0 Å². The smallest absolute Gasteiger partial charge is 0.231 e. The molecule has 148 valence electrons. The van der Waals surface area contributed by atoms with Crippen molar-refractivity contribution in [3.63, 3.8) is 0 Å². The van der Waals surface area contributed by atoms with E-state index in [1.165, 1.54) is 0 Å². The zero-order valence-electron chi connectivity index (χ0n) is 15.9. The summed E-state index contributed by atoms with van der Waals surface area (Å²) in [7, 11) is 0.